The van der Waals surface area contributed by atoms with E-state index in [9.17, 15) is 19.5 Å². The molecule has 0 bridgehead atoms. The van der Waals surface area contributed by atoms with Gasteiger partial charge >= 0.3 is 5.97 Å². The molecule has 1 heterocycles. The second-order valence-electron chi connectivity index (χ2n) is 12.8. The van der Waals surface area contributed by atoms with Gasteiger partial charge in [0.15, 0.2) is 0 Å². The topological polar surface area (TPSA) is 99.2 Å². The average molecular weight is 562 g/mol. The fraction of sp³-hybridized carbons (Fsp3) is 0.545. The zero-order valence-electron chi connectivity index (χ0n) is 24.5. The molecule has 3 fully saturated rings. The fourth-order valence-corrected chi connectivity index (χ4v) is 7.48. The summed E-state index contributed by atoms with van der Waals surface area (Å²) in [4.78, 5) is 41.5. The van der Waals surface area contributed by atoms with Crippen LogP contribution in [0.15, 0.2) is 42.5 Å². The smallest absolute Gasteiger partial charge is 0.337 e. The molecule has 2 atom stereocenters. The van der Waals surface area contributed by atoms with E-state index in [1.807, 2.05) is 29.2 Å². The predicted molar refractivity (Wildman–Crippen MR) is 157 cm³/mol. The molecule has 0 spiro atoms. The number of carbonyl (C=O) groups excluding carboxylic acids is 3. The van der Waals surface area contributed by atoms with E-state index in [0.717, 1.165) is 47.3 Å². The third-order valence-corrected chi connectivity index (χ3v) is 9.43. The lowest BCUT2D eigenvalue weighted by Crippen LogP contribution is -2.51. The molecule has 2 unspecified atom stereocenters. The van der Waals surface area contributed by atoms with Crippen molar-refractivity contribution < 1.29 is 24.2 Å². The van der Waals surface area contributed by atoms with Gasteiger partial charge in [0, 0.05) is 44.7 Å². The van der Waals surface area contributed by atoms with Gasteiger partial charge in [0.1, 0.15) is 5.75 Å². The lowest BCUT2D eigenvalue weighted by Gasteiger charge is -2.35. The highest BCUT2D eigenvalue weighted by Gasteiger charge is 2.46. The van der Waals surface area contributed by atoms with Crippen molar-refractivity contribution in [3.05, 3.63) is 53.6 Å². The molecule has 2 saturated carbocycles. The van der Waals surface area contributed by atoms with E-state index in [4.69, 9.17) is 4.74 Å². The number of phenols is 1. The van der Waals surface area contributed by atoms with E-state index in [1.165, 1.54) is 20.0 Å². The first-order valence-corrected chi connectivity index (χ1v) is 14.9. The number of rotatable bonds is 8. The quantitative estimate of drug-likeness (QED) is 0.462. The van der Waals surface area contributed by atoms with Crippen LogP contribution in [-0.2, 0) is 20.9 Å². The lowest BCUT2D eigenvalue weighted by atomic mass is 9.81. The molecule has 1 saturated heterocycles. The molecule has 5 rings (SSSR count). The number of benzene rings is 2. The maximum atomic E-state index is 12.9. The third kappa shape index (κ3) is 6.92. The molecule has 0 aromatic heterocycles. The van der Waals surface area contributed by atoms with Gasteiger partial charge in [0.25, 0.3) is 0 Å². The third-order valence-electron chi connectivity index (χ3n) is 9.43. The maximum Gasteiger partial charge on any atom is 0.337 e. The number of piperazine rings is 1. The van der Waals surface area contributed by atoms with Gasteiger partial charge in [-0.1, -0.05) is 32.0 Å². The summed E-state index contributed by atoms with van der Waals surface area (Å²) in [5, 5.41) is 13.4. The number of phenolic OH excluding ortho intramolecular Hbond substituents is 1. The van der Waals surface area contributed by atoms with E-state index in [2.05, 4.69) is 24.1 Å². The summed E-state index contributed by atoms with van der Waals surface area (Å²) in [5.74, 6) is 2.11. The van der Waals surface area contributed by atoms with Gasteiger partial charge in [-0.3, -0.25) is 14.5 Å². The highest BCUT2D eigenvalue weighted by atomic mass is 16.5. The highest BCUT2D eigenvalue weighted by Crippen LogP contribution is 2.55. The van der Waals surface area contributed by atoms with Crippen LogP contribution in [0.1, 0.15) is 61.9 Å². The van der Waals surface area contributed by atoms with Gasteiger partial charge in [0.2, 0.25) is 11.8 Å². The first-order valence-electron chi connectivity index (χ1n) is 14.9. The van der Waals surface area contributed by atoms with Crippen LogP contribution in [0.3, 0.4) is 0 Å². The van der Waals surface area contributed by atoms with Gasteiger partial charge < -0.3 is 20.1 Å². The largest absolute Gasteiger partial charge is 0.508 e. The summed E-state index contributed by atoms with van der Waals surface area (Å²) < 4.78 is 4.83. The molecular formula is C33H43N3O5. The fourth-order valence-electron chi connectivity index (χ4n) is 7.48. The minimum Gasteiger partial charge on any atom is -0.508 e. The molecule has 1 aliphatic heterocycles. The zero-order valence-corrected chi connectivity index (χ0v) is 24.5. The standard InChI is InChI=1S/C33H43N3O5/c1-22-13-26-17-33(2,18-27(26)14-22)19-30(38)34-20-31(39)36-11-9-35(10-12-36)21-28-16-24(7-8-29(28)37)23-5-4-6-25(15-23)32(40)41-3/h4-8,15-16,22,26-27,37H,9-14,17-21H2,1-3H3,(H,34,38). The van der Waals surface area contributed by atoms with Crippen LogP contribution in [0.4, 0.5) is 0 Å². The summed E-state index contributed by atoms with van der Waals surface area (Å²) >= 11 is 0. The number of ether oxygens (including phenoxy) is 1. The molecule has 2 aromatic carbocycles. The molecule has 2 amide bonds. The average Bonchev–Trinajstić information content (AvgIpc) is 3.44. The zero-order chi connectivity index (χ0) is 29.1. The van der Waals surface area contributed by atoms with Crippen molar-refractivity contribution in [2.75, 3.05) is 39.8 Å². The second-order valence-corrected chi connectivity index (χ2v) is 12.8. The van der Waals surface area contributed by atoms with Crippen LogP contribution in [0.25, 0.3) is 11.1 Å². The normalized spacial score (nSPS) is 26.0. The number of amides is 2. The van der Waals surface area contributed by atoms with Crippen molar-refractivity contribution in [2.24, 2.45) is 23.2 Å². The van der Waals surface area contributed by atoms with Gasteiger partial charge in [-0.05, 0) is 84.2 Å². The molecular weight excluding hydrogens is 518 g/mol. The van der Waals surface area contributed by atoms with Crippen molar-refractivity contribution in [3.8, 4) is 16.9 Å². The van der Waals surface area contributed by atoms with Crippen LogP contribution in [0.5, 0.6) is 5.75 Å². The molecule has 2 aromatic rings. The van der Waals surface area contributed by atoms with Crippen molar-refractivity contribution in [1.29, 1.82) is 0 Å². The Morgan fingerprint density at radius 2 is 1.68 bits per heavy atom. The minimum absolute atomic E-state index is 0.0139. The van der Waals surface area contributed by atoms with Gasteiger partial charge in [-0.2, -0.15) is 0 Å². The predicted octanol–water partition coefficient (Wildman–Crippen LogP) is 4.46. The number of aromatic hydroxyl groups is 1. The molecule has 3 aliphatic rings. The van der Waals surface area contributed by atoms with Crippen molar-refractivity contribution >= 4 is 17.8 Å². The van der Waals surface area contributed by atoms with Gasteiger partial charge in [-0.15, -0.1) is 0 Å². The monoisotopic (exact) mass is 561 g/mol. The first kappa shape index (κ1) is 29.1. The Balaban J connectivity index is 1.09. The van der Waals surface area contributed by atoms with E-state index in [1.54, 1.807) is 18.2 Å². The Hall–Kier alpha value is -3.39. The van der Waals surface area contributed by atoms with Crippen molar-refractivity contribution in [1.82, 2.24) is 15.1 Å². The number of esters is 1. The minimum atomic E-state index is -0.391. The molecule has 8 heteroatoms. The number of hydrogen-bond donors (Lipinski definition) is 2. The van der Waals surface area contributed by atoms with Crippen LogP contribution in [0.2, 0.25) is 0 Å². The van der Waals surface area contributed by atoms with Crippen LogP contribution in [0, 0.1) is 23.2 Å². The molecule has 0 radical (unpaired) electrons. The molecule has 41 heavy (non-hydrogen) atoms. The van der Waals surface area contributed by atoms with Crippen molar-refractivity contribution in [3.63, 3.8) is 0 Å². The van der Waals surface area contributed by atoms with E-state index >= 15 is 0 Å². The van der Waals surface area contributed by atoms with Crippen LogP contribution >= 0.6 is 0 Å². The SMILES string of the molecule is COC(=O)c1cccc(-c2ccc(O)c(CN3CCN(C(=O)CNC(=O)CC4(C)CC5CC(C)CC5C4)CC3)c2)c1. The molecule has 220 valence electrons. The number of carbonyl (C=O) groups is 3. The highest BCUT2D eigenvalue weighted by molar-refractivity contribution is 5.91. The maximum absolute atomic E-state index is 12.9. The number of nitrogens with one attached hydrogen (secondary N) is 1. The summed E-state index contributed by atoms with van der Waals surface area (Å²) in [5.41, 5.74) is 3.09. The Labute approximate surface area is 243 Å². The summed E-state index contributed by atoms with van der Waals surface area (Å²) in [6.07, 6.45) is 5.35. The Bertz CT molecular complexity index is 1270. The number of nitrogens with zero attached hydrogens (tertiary/aromatic N) is 2. The van der Waals surface area contributed by atoms with Crippen LogP contribution in [-0.4, -0.2) is 72.5 Å². The summed E-state index contributed by atoms with van der Waals surface area (Å²) in [7, 11) is 1.36. The Morgan fingerprint density at radius 3 is 2.37 bits per heavy atom. The Kier molecular flexibility index (Phi) is 8.68. The van der Waals surface area contributed by atoms with Crippen molar-refractivity contribution in [2.45, 2.75) is 52.5 Å². The van der Waals surface area contributed by atoms with Crippen LogP contribution < -0.4 is 5.32 Å². The number of hydrogen-bond acceptors (Lipinski definition) is 6. The van der Waals surface area contributed by atoms with E-state index in [0.29, 0.717) is 44.7 Å². The molecule has 8 nitrogen and oxygen atoms in total. The van der Waals surface area contributed by atoms with E-state index < -0.39 is 5.97 Å². The number of methoxy groups -OCH3 is 1. The second kappa shape index (κ2) is 12.2. The molecule has 2 aliphatic carbocycles. The van der Waals surface area contributed by atoms with Gasteiger partial charge in [0.05, 0.1) is 19.2 Å². The molecule has 2 N–H and O–H groups in total. The first-order chi connectivity index (χ1) is 19.6. The van der Waals surface area contributed by atoms with Gasteiger partial charge in [-0.25, -0.2) is 4.79 Å². The lowest BCUT2D eigenvalue weighted by molar-refractivity contribution is -0.134. The summed E-state index contributed by atoms with van der Waals surface area (Å²) in [6, 6.07) is 12.7. The van der Waals surface area contributed by atoms with E-state index in [-0.39, 0.29) is 29.5 Å². The number of fused-ring (bicyclic) bond motifs is 1. The Morgan fingerprint density at radius 1 is 1.00 bits per heavy atom. The summed E-state index contributed by atoms with van der Waals surface area (Å²) in [6.45, 7) is 7.70.